The van der Waals surface area contributed by atoms with Crippen molar-refractivity contribution in [3.63, 3.8) is 0 Å². The summed E-state index contributed by atoms with van der Waals surface area (Å²) < 4.78 is 36.1. The molecular weight excluding hydrogens is 217 g/mol. The molecule has 0 aliphatic carbocycles. The van der Waals surface area contributed by atoms with Crippen LogP contribution in [-0.4, -0.2) is 27.3 Å². The van der Waals surface area contributed by atoms with Gasteiger partial charge in [-0.2, -0.15) is 0 Å². The van der Waals surface area contributed by atoms with Crippen molar-refractivity contribution < 1.29 is 12.8 Å². The van der Waals surface area contributed by atoms with E-state index in [2.05, 4.69) is 5.32 Å². The number of hydrogen-bond acceptors (Lipinski definition) is 3. The Morgan fingerprint density at radius 3 is 2.33 bits per heavy atom. The summed E-state index contributed by atoms with van der Waals surface area (Å²) in [7, 11) is -1.62. The standard InChI is InChI=1S/C10H14FNO2S/c1-8(12-2)7-15(13,14)10-5-3-9(11)4-6-10/h3-6,8,12H,7H2,1-2H3. The minimum absolute atomic E-state index is 0.00906. The smallest absolute Gasteiger partial charge is 0.179 e. The molecule has 1 rings (SSSR count). The normalized spacial score (nSPS) is 13.8. The first-order valence-electron chi connectivity index (χ1n) is 4.61. The largest absolute Gasteiger partial charge is 0.316 e. The van der Waals surface area contributed by atoms with E-state index in [-0.39, 0.29) is 16.7 Å². The van der Waals surface area contributed by atoms with Crippen LogP contribution in [0.4, 0.5) is 4.39 Å². The summed E-state index contributed by atoms with van der Waals surface area (Å²) in [6.45, 7) is 1.78. The molecule has 15 heavy (non-hydrogen) atoms. The SMILES string of the molecule is CNC(C)CS(=O)(=O)c1ccc(F)cc1. The fraction of sp³-hybridized carbons (Fsp3) is 0.400. The first-order chi connectivity index (χ1) is 6.95. The monoisotopic (exact) mass is 231 g/mol. The molecule has 0 aliphatic rings. The summed E-state index contributed by atoms with van der Waals surface area (Å²) in [5.74, 6) is -0.426. The molecule has 0 fully saturated rings. The van der Waals surface area contributed by atoms with Gasteiger partial charge in [0, 0.05) is 6.04 Å². The Labute approximate surface area is 89.2 Å². The lowest BCUT2D eigenvalue weighted by Crippen LogP contribution is -2.29. The second-order valence-electron chi connectivity index (χ2n) is 3.43. The Morgan fingerprint density at radius 1 is 1.33 bits per heavy atom. The zero-order valence-corrected chi connectivity index (χ0v) is 9.51. The Hall–Kier alpha value is -0.940. The van der Waals surface area contributed by atoms with Crippen LogP contribution in [0.3, 0.4) is 0 Å². The van der Waals surface area contributed by atoms with E-state index in [0.29, 0.717) is 0 Å². The van der Waals surface area contributed by atoms with Crippen molar-refractivity contribution in [2.75, 3.05) is 12.8 Å². The van der Waals surface area contributed by atoms with Crippen LogP contribution in [0, 0.1) is 5.82 Å². The lowest BCUT2D eigenvalue weighted by molar-refractivity contribution is 0.577. The van der Waals surface area contributed by atoms with Crippen molar-refractivity contribution in [1.82, 2.24) is 5.32 Å². The predicted molar refractivity (Wildman–Crippen MR) is 57.0 cm³/mol. The Bertz CT molecular complexity index is 414. The van der Waals surface area contributed by atoms with E-state index < -0.39 is 15.7 Å². The molecular formula is C10H14FNO2S. The summed E-state index contributed by atoms with van der Waals surface area (Å²) in [5, 5.41) is 2.85. The molecule has 1 N–H and O–H groups in total. The van der Waals surface area contributed by atoms with Crippen LogP contribution >= 0.6 is 0 Å². The Morgan fingerprint density at radius 2 is 1.87 bits per heavy atom. The summed E-state index contributed by atoms with van der Waals surface area (Å²) >= 11 is 0. The number of rotatable bonds is 4. The molecule has 5 heteroatoms. The van der Waals surface area contributed by atoms with E-state index in [9.17, 15) is 12.8 Å². The number of halogens is 1. The molecule has 84 valence electrons. The summed E-state index contributed by atoms with van der Waals surface area (Å²) in [4.78, 5) is 0.158. The number of hydrogen-bond donors (Lipinski definition) is 1. The third-order valence-electron chi connectivity index (χ3n) is 2.13. The maximum atomic E-state index is 12.6. The van der Waals surface area contributed by atoms with E-state index in [1.54, 1.807) is 14.0 Å². The van der Waals surface area contributed by atoms with Crippen LogP contribution in [0.1, 0.15) is 6.92 Å². The molecule has 1 aromatic rings. The van der Waals surface area contributed by atoms with Crippen LogP contribution in [0.5, 0.6) is 0 Å². The molecule has 0 bridgehead atoms. The number of sulfone groups is 1. The lowest BCUT2D eigenvalue weighted by Gasteiger charge is -2.10. The first-order valence-corrected chi connectivity index (χ1v) is 6.26. The van der Waals surface area contributed by atoms with Gasteiger partial charge in [-0.25, -0.2) is 12.8 Å². The fourth-order valence-electron chi connectivity index (χ4n) is 1.15. The maximum absolute atomic E-state index is 12.6. The highest BCUT2D eigenvalue weighted by Gasteiger charge is 2.17. The van der Waals surface area contributed by atoms with Crippen molar-refractivity contribution in [2.45, 2.75) is 17.9 Å². The van der Waals surface area contributed by atoms with E-state index in [0.717, 1.165) is 12.1 Å². The van der Waals surface area contributed by atoms with Crippen LogP contribution in [0.2, 0.25) is 0 Å². The highest BCUT2D eigenvalue weighted by atomic mass is 32.2. The predicted octanol–water partition coefficient (Wildman–Crippen LogP) is 1.21. The van der Waals surface area contributed by atoms with Gasteiger partial charge in [-0.05, 0) is 38.2 Å². The van der Waals surface area contributed by atoms with E-state index in [1.165, 1.54) is 12.1 Å². The molecule has 0 saturated heterocycles. The van der Waals surface area contributed by atoms with Gasteiger partial charge in [0.15, 0.2) is 9.84 Å². The Kier molecular flexibility index (Phi) is 3.82. The van der Waals surface area contributed by atoms with Crippen molar-refractivity contribution in [1.29, 1.82) is 0 Å². The first kappa shape index (κ1) is 12.1. The molecule has 1 atom stereocenters. The zero-order valence-electron chi connectivity index (χ0n) is 8.70. The van der Waals surface area contributed by atoms with Crippen molar-refractivity contribution in [2.24, 2.45) is 0 Å². The molecule has 0 radical (unpaired) electrons. The number of benzene rings is 1. The topological polar surface area (TPSA) is 46.2 Å². The van der Waals surface area contributed by atoms with Gasteiger partial charge in [0.2, 0.25) is 0 Å². The van der Waals surface area contributed by atoms with Crippen LogP contribution < -0.4 is 5.32 Å². The van der Waals surface area contributed by atoms with Crippen LogP contribution in [0.25, 0.3) is 0 Å². The molecule has 1 unspecified atom stereocenters. The van der Waals surface area contributed by atoms with Gasteiger partial charge < -0.3 is 5.32 Å². The van der Waals surface area contributed by atoms with Gasteiger partial charge in [-0.1, -0.05) is 0 Å². The quantitative estimate of drug-likeness (QED) is 0.792. The van der Waals surface area contributed by atoms with Crippen LogP contribution in [-0.2, 0) is 9.84 Å². The van der Waals surface area contributed by atoms with Crippen molar-refractivity contribution >= 4 is 9.84 Å². The van der Waals surface area contributed by atoms with Gasteiger partial charge >= 0.3 is 0 Å². The minimum atomic E-state index is -3.32. The third kappa shape index (κ3) is 3.28. The molecule has 0 spiro atoms. The van der Waals surface area contributed by atoms with Gasteiger partial charge in [0.1, 0.15) is 5.82 Å². The minimum Gasteiger partial charge on any atom is -0.316 e. The van der Waals surface area contributed by atoms with Gasteiger partial charge in [0.05, 0.1) is 10.6 Å². The van der Waals surface area contributed by atoms with E-state index >= 15 is 0 Å². The molecule has 0 heterocycles. The highest BCUT2D eigenvalue weighted by Crippen LogP contribution is 2.12. The number of nitrogens with one attached hydrogen (secondary N) is 1. The second kappa shape index (κ2) is 4.72. The third-order valence-corrected chi connectivity index (χ3v) is 4.06. The van der Waals surface area contributed by atoms with Gasteiger partial charge in [-0.3, -0.25) is 0 Å². The molecule has 0 amide bonds. The molecule has 0 saturated carbocycles. The van der Waals surface area contributed by atoms with Crippen molar-refractivity contribution in [3.8, 4) is 0 Å². The van der Waals surface area contributed by atoms with Crippen LogP contribution in [0.15, 0.2) is 29.2 Å². The Balaban J connectivity index is 2.91. The summed E-state index contributed by atoms with van der Waals surface area (Å²) in [6, 6.07) is 4.74. The molecule has 0 aromatic heterocycles. The summed E-state index contributed by atoms with van der Waals surface area (Å²) in [6.07, 6.45) is 0. The van der Waals surface area contributed by atoms with Crippen molar-refractivity contribution in [3.05, 3.63) is 30.1 Å². The van der Waals surface area contributed by atoms with Gasteiger partial charge in [-0.15, -0.1) is 0 Å². The van der Waals surface area contributed by atoms with Gasteiger partial charge in [0.25, 0.3) is 0 Å². The summed E-state index contributed by atoms with van der Waals surface area (Å²) in [5.41, 5.74) is 0. The molecule has 3 nitrogen and oxygen atoms in total. The average Bonchev–Trinajstić information content (AvgIpc) is 2.17. The lowest BCUT2D eigenvalue weighted by atomic mass is 10.3. The highest BCUT2D eigenvalue weighted by molar-refractivity contribution is 7.91. The zero-order chi connectivity index (χ0) is 11.5. The fourth-order valence-corrected chi connectivity index (χ4v) is 2.72. The van der Waals surface area contributed by atoms with E-state index in [1.807, 2.05) is 0 Å². The van der Waals surface area contributed by atoms with E-state index in [4.69, 9.17) is 0 Å². The second-order valence-corrected chi connectivity index (χ2v) is 5.46. The average molecular weight is 231 g/mol. The maximum Gasteiger partial charge on any atom is 0.179 e. The molecule has 1 aromatic carbocycles. The molecule has 0 aliphatic heterocycles.